The monoisotopic (exact) mass is 310 g/mol. The topological polar surface area (TPSA) is 61.0 Å². The highest BCUT2D eigenvalue weighted by Gasteiger charge is 2.36. The molecule has 1 aliphatic rings. The fourth-order valence-corrected chi connectivity index (χ4v) is 3.09. The lowest BCUT2D eigenvalue weighted by Gasteiger charge is -2.15. The predicted molar refractivity (Wildman–Crippen MR) is 78.0 cm³/mol. The molecule has 1 aliphatic heterocycles. The maximum atomic E-state index is 6.18. The second-order valence-electron chi connectivity index (χ2n) is 5.45. The van der Waals surface area contributed by atoms with Crippen molar-refractivity contribution >= 4 is 11.6 Å². The molecule has 0 amide bonds. The third-order valence-corrected chi connectivity index (χ3v) is 4.34. The summed E-state index contributed by atoms with van der Waals surface area (Å²) in [6.07, 6.45) is 3.76. The molecule has 0 unspecified atom stereocenters. The molecule has 0 aliphatic carbocycles. The van der Waals surface area contributed by atoms with E-state index in [-0.39, 0.29) is 12.0 Å². The lowest BCUT2D eigenvalue weighted by molar-refractivity contribution is 0.0955. The van der Waals surface area contributed by atoms with Crippen molar-refractivity contribution in [3.8, 4) is 0 Å². The summed E-state index contributed by atoms with van der Waals surface area (Å²) in [7, 11) is 5.53. The van der Waals surface area contributed by atoms with Gasteiger partial charge in [-0.05, 0) is 0 Å². The molecule has 0 N–H and O–H groups in total. The second-order valence-corrected chi connectivity index (χ2v) is 5.86. The Hall–Kier alpha value is -1.44. The van der Waals surface area contributed by atoms with Gasteiger partial charge in [-0.3, -0.25) is 14.3 Å². The number of methoxy groups -OCH3 is 1. The molecule has 3 rings (SSSR count). The third kappa shape index (κ3) is 2.81. The zero-order chi connectivity index (χ0) is 15.0. The Balaban J connectivity index is 1.75. The van der Waals surface area contributed by atoms with Gasteiger partial charge in [-0.25, -0.2) is 0 Å². The molecule has 114 valence electrons. The molecule has 0 bridgehead atoms. The van der Waals surface area contributed by atoms with Crippen molar-refractivity contribution in [1.29, 1.82) is 0 Å². The molecule has 7 nitrogen and oxygen atoms in total. The van der Waals surface area contributed by atoms with Crippen molar-refractivity contribution in [1.82, 2.24) is 29.7 Å². The van der Waals surface area contributed by atoms with Crippen LogP contribution in [0.4, 0.5) is 0 Å². The average molecular weight is 311 g/mol. The Morgan fingerprint density at radius 3 is 2.76 bits per heavy atom. The van der Waals surface area contributed by atoms with Gasteiger partial charge in [0, 0.05) is 53.0 Å². The molecule has 3 heterocycles. The van der Waals surface area contributed by atoms with Gasteiger partial charge >= 0.3 is 0 Å². The van der Waals surface area contributed by atoms with Gasteiger partial charge in [0.1, 0.15) is 0 Å². The average Bonchev–Trinajstić information content (AvgIpc) is 3.14. The standard InChI is InChI=1S/C13H19ClN6O/c1-18-6-11(16-17-18)9-5-20(8-13(9)21-3)7-12-10(14)4-15-19(12)2/h4,6,9,13H,5,7-8H2,1-3H3/t9-,13+/m0/s1. The van der Waals surface area contributed by atoms with E-state index in [0.29, 0.717) is 5.02 Å². The van der Waals surface area contributed by atoms with E-state index in [1.807, 2.05) is 25.0 Å². The van der Waals surface area contributed by atoms with Gasteiger partial charge in [0.2, 0.25) is 0 Å². The number of hydrogen-bond donors (Lipinski definition) is 0. The quantitative estimate of drug-likeness (QED) is 0.836. The van der Waals surface area contributed by atoms with Crippen LogP contribution in [0.3, 0.4) is 0 Å². The lowest BCUT2D eigenvalue weighted by atomic mass is 10.0. The van der Waals surface area contributed by atoms with Crippen LogP contribution >= 0.6 is 11.6 Å². The van der Waals surface area contributed by atoms with Crippen LogP contribution in [-0.4, -0.2) is 56.0 Å². The Kier molecular flexibility index (Phi) is 3.97. The fraction of sp³-hybridized carbons (Fsp3) is 0.615. The molecule has 1 saturated heterocycles. The summed E-state index contributed by atoms with van der Waals surface area (Å²) in [5, 5.41) is 13.1. The summed E-state index contributed by atoms with van der Waals surface area (Å²) in [5.74, 6) is 0.232. The third-order valence-electron chi connectivity index (χ3n) is 4.03. The minimum atomic E-state index is 0.119. The largest absolute Gasteiger partial charge is 0.379 e. The zero-order valence-electron chi connectivity index (χ0n) is 12.4. The van der Waals surface area contributed by atoms with Crippen molar-refractivity contribution in [2.75, 3.05) is 20.2 Å². The number of likely N-dealkylation sites (tertiary alicyclic amines) is 1. The first kappa shape index (κ1) is 14.5. The van der Waals surface area contributed by atoms with Crippen molar-refractivity contribution < 1.29 is 4.74 Å². The number of rotatable bonds is 4. The Labute approximate surface area is 128 Å². The van der Waals surface area contributed by atoms with Crippen LogP contribution < -0.4 is 0 Å². The highest BCUT2D eigenvalue weighted by molar-refractivity contribution is 6.31. The van der Waals surface area contributed by atoms with Crippen LogP contribution in [0.2, 0.25) is 5.02 Å². The predicted octanol–water partition coefficient (Wildman–Crippen LogP) is 0.816. The number of aromatic nitrogens is 5. The molecule has 8 heteroatoms. The van der Waals surface area contributed by atoms with E-state index in [1.54, 1.807) is 18.0 Å². The molecule has 21 heavy (non-hydrogen) atoms. The number of hydrogen-bond acceptors (Lipinski definition) is 5. The van der Waals surface area contributed by atoms with E-state index in [0.717, 1.165) is 31.0 Å². The van der Waals surface area contributed by atoms with E-state index in [9.17, 15) is 0 Å². The van der Waals surface area contributed by atoms with Crippen molar-refractivity contribution in [2.24, 2.45) is 14.1 Å². The van der Waals surface area contributed by atoms with E-state index in [2.05, 4.69) is 20.3 Å². The van der Waals surface area contributed by atoms with Crippen LogP contribution in [0.15, 0.2) is 12.4 Å². The van der Waals surface area contributed by atoms with E-state index in [4.69, 9.17) is 16.3 Å². The normalized spacial score (nSPS) is 23.0. The summed E-state index contributed by atoms with van der Waals surface area (Å²) < 4.78 is 9.17. The molecular formula is C13H19ClN6O. The van der Waals surface area contributed by atoms with Gasteiger partial charge in [0.25, 0.3) is 0 Å². The van der Waals surface area contributed by atoms with Gasteiger partial charge in [0.15, 0.2) is 0 Å². The summed E-state index contributed by atoms with van der Waals surface area (Å²) in [6.45, 7) is 2.48. The lowest BCUT2D eigenvalue weighted by Crippen LogP contribution is -2.23. The van der Waals surface area contributed by atoms with E-state index < -0.39 is 0 Å². The Morgan fingerprint density at radius 2 is 2.19 bits per heavy atom. The molecule has 2 aromatic heterocycles. The first-order chi connectivity index (χ1) is 10.1. The van der Waals surface area contributed by atoms with Crippen molar-refractivity contribution in [3.63, 3.8) is 0 Å². The summed E-state index contributed by atoms with van der Waals surface area (Å²) in [4.78, 5) is 2.32. The number of aryl methyl sites for hydroxylation is 2. The second kappa shape index (κ2) is 5.75. The molecule has 0 radical (unpaired) electrons. The molecule has 0 spiro atoms. The minimum Gasteiger partial charge on any atom is -0.379 e. The van der Waals surface area contributed by atoms with Crippen LogP contribution in [0.1, 0.15) is 17.3 Å². The fourth-order valence-electron chi connectivity index (χ4n) is 2.86. The van der Waals surface area contributed by atoms with E-state index >= 15 is 0 Å². The van der Waals surface area contributed by atoms with E-state index in [1.165, 1.54) is 0 Å². The Morgan fingerprint density at radius 1 is 1.38 bits per heavy atom. The number of nitrogens with zero attached hydrogens (tertiary/aromatic N) is 6. The smallest absolute Gasteiger partial charge is 0.0897 e. The highest BCUT2D eigenvalue weighted by atomic mass is 35.5. The van der Waals surface area contributed by atoms with Crippen LogP contribution in [0.5, 0.6) is 0 Å². The molecule has 0 saturated carbocycles. The van der Waals surface area contributed by atoms with Gasteiger partial charge in [-0.2, -0.15) is 5.10 Å². The van der Waals surface area contributed by atoms with Gasteiger partial charge in [-0.15, -0.1) is 5.10 Å². The molecule has 2 aromatic rings. The van der Waals surface area contributed by atoms with Gasteiger partial charge in [0.05, 0.1) is 28.7 Å². The molecule has 2 atom stereocenters. The minimum absolute atomic E-state index is 0.119. The first-order valence-corrected chi connectivity index (χ1v) is 7.24. The van der Waals surface area contributed by atoms with Crippen LogP contribution in [0, 0.1) is 0 Å². The first-order valence-electron chi connectivity index (χ1n) is 6.86. The van der Waals surface area contributed by atoms with Crippen molar-refractivity contribution in [3.05, 3.63) is 28.8 Å². The van der Waals surface area contributed by atoms with Gasteiger partial charge < -0.3 is 4.74 Å². The summed E-state index contributed by atoms with van der Waals surface area (Å²) in [5.41, 5.74) is 1.99. The summed E-state index contributed by atoms with van der Waals surface area (Å²) >= 11 is 6.18. The summed E-state index contributed by atoms with van der Waals surface area (Å²) in [6, 6.07) is 0. The molecule has 1 fully saturated rings. The van der Waals surface area contributed by atoms with Crippen molar-refractivity contribution in [2.45, 2.75) is 18.6 Å². The SMILES string of the molecule is CO[C@@H]1CN(Cc2c(Cl)cnn2C)C[C@H]1c1cn(C)nn1. The molecular weight excluding hydrogens is 292 g/mol. The maximum absolute atomic E-state index is 6.18. The van der Waals surface area contributed by atoms with Crippen LogP contribution in [-0.2, 0) is 25.4 Å². The Bertz CT molecular complexity index is 604. The number of halogens is 1. The maximum Gasteiger partial charge on any atom is 0.0897 e. The van der Waals surface area contributed by atoms with Crippen LogP contribution in [0.25, 0.3) is 0 Å². The number of ether oxygens (including phenoxy) is 1. The zero-order valence-corrected chi connectivity index (χ0v) is 13.2. The van der Waals surface area contributed by atoms with Gasteiger partial charge in [-0.1, -0.05) is 16.8 Å². The highest BCUT2D eigenvalue weighted by Crippen LogP contribution is 2.30. The molecule has 0 aromatic carbocycles.